The van der Waals surface area contributed by atoms with Gasteiger partial charge < -0.3 is 5.32 Å². The van der Waals surface area contributed by atoms with Crippen LogP contribution in [0.1, 0.15) is 36.8 Å². The van der Waals surface area contributed by atoms with Crippen LogP contribution in [0.3, 0.4) is 0 Å². The Kier molecular flexibility index (Phi) is 4.08. The highest BCUT2D eigenvalue weighted by molar-refractivity contribution is 7.00. The molecule has 2 aromatic heterocycles. The van der Waals surface area contributed by atoms with Gasteiger partial charge in [-0.15, -0.1) is 8.07 Å². The molecule has 7 nitrogen and oxygen atoms in total. The number of carbonyl (C=O) groups excluding carboxylic acids is 1. The van der Waals surface area contributed by atoms with E-state index in [9.17, 15) is 4.79 Å². The number of hydrogen-bond donors (Lipinski definition) is 1. The van der Waals surface area contributed by atoms with Gasteiger partial charge in [0.15, 0.2) is 0 Å². The molecule has 1 saturated carbocycles. The summed E-state index contributed by atoms with van der Waals surface area (Å²) < 4.78 is 8.65. The zero-order valence-electron chi connectivity index (χ0n) is 18.1. The lowest BCUT2D eigenvalue weighted by atomic mass is 10.0. The van der Waals surface area contributed by atoms with Crippen molar-refractivity contribution in [3.05, 3.63) is 29.5 Å². The number of hydrogen-bond acceptors (Lipinski definition) is 7. The minimum Gasteiger partial charge on any atom is -0.324 e. The molecule has 1 N–H and O–H groups in total. The van der Waals surface area contributed by atoms with Gasteiger partial charge in [0.2, 0.25) is 11.9 Å². The minimum absolute atomic E-state index is 0.256. The summed E-state index contributed by atoms with van der Waals surface area (Å²) >= 11 is 1.22. The predicted octanol–water partition coefficient (Wildman–Crippen LogP) is 4.78. The smallest absolute Gasteiger partial charge is 0.239 e. The van der Waals surface area contributed by atoms with E-state index >= 15 is 0 Å². The Morgan fingerprint density at radius 1 is 1.16 bits per heavy atom. The third kappa shape index (κ3) is 3.01. The van der Waals surface area contributed by atoms with E-state index in [0.29, 0.717) is 5.95 Å². The summed E-state index contributed by atoms with van der Waals surface area (Å²) in [5, 5.41) is 3.37. The topological polar surface area (TPSA) is 83.9 Å². The van der Waals surface area contributed by atoms with Crippen molar-refractivity contribution in [2.75, 3.05) is 10.2 Å². The summed E-state index contributed by atoms with van der Waals surface area (Å²) in [4.78, 5) is 25.0. The highest BCUT2D eigenvalue weighted by Gasteiger charge is 2.61. The monoisotopic (exact) mass is 450 g/mol. The van der Waals surface area contributed by atoms with Crippen molar-refractivity contribution in [1.29, 1.82) is 0 Å². The Hall–Kier alpha value is -2.39. The van der Waals surface area contributed by atoms with E-state index in [1.54, 1.807) is 0 Å². The predicted molar refractivity (Wildman–Crippen MR) is 126 cm³/mol. The first-order valence-electron chi connectivity index (χ1n) is 11.1. The SMILES string of the molecule is Cc1cc2nsnc2cc1Nc1ncc2c(n1)N(C1CC[Si-](C)(C)CC1)C(=O)C21CC1. The summed E-state index contributed by atoms with van der Waals surface area (Å²) in [6, 6.07) is 6.84. The molecule has 1 amide bonds. The Bertz CT molecular complexity index is 1210. The van der Waals surface area contributed by atoms with Gasteiger partial charge in [-0.25, -0.2) is 4.98 Å². The molecular weight excluding hydrogens is 424 g/mol. The number of amides is 1. The van der Waals surface area contributed by atoms with E-state index in [-0.39, 0.29) is 17.4 Å². The van der Waals surface area contributed by atoms with Gasteiger partial charge in [-0.2, -0.15) is 38.9 Å². The second-order valence-corrected chi connectivity index (χ2v) is 16.0. The molecule has 0 bridgehead atoms. The van der Waals surface area contributed by atoms with Crippen molar-refractivity contribution in [3.8, 4) is 0 Å². The van der Waals surface area contributed by atoms with Gasteiger partial charge in [-0.05, 0) is 37.5 Å². The molecule has 0 atom stereocenters. The van der Waals surface area contributed by atoms with Gasteiger partial charge in [0.05, 0.1) is 17.1 Å². The second kappa shape index (κ2) is 6.55. The normalized spacial score (nSPS) is 21.6. The lowest BCUT2D eigenvalue weighted by Crippen LogP contribution is -2.46. The van der Waals surface area contributed by atoms with E-state index in [4.69, 9.17) is 4.98 Å². The molecule has 3 aliphatic rings. The Labute approximate surface area is 186 Å². The molecule has 3 aromatic rings. The third-order valence-corrected chi connectivity index (χ3v) is 11.3. The molecule has 4 heterocycles. The molecule has 1 aromatic carbocycles. The Morgan fingerprint density at radius 3 is 2.58 bits per heavy atom. The molecule has 161 valence electrons. The summed E-state index contributed by atoms with van der Waals surface area (Å²) in [7, 11) is -1.10. The number of rotatable bonds is 3. The number of fused-ring (bicyclic) bond motifs is 3. The van der Waals surface area contributed by atoms with Gasteiger partial charge in [-0.3, -0.25) is 9.69 Å². The minimum atomic E-state index is -1.10. The molecule has 1 saturated heterocycles. The van der Waals surface area contributed by atoms with Crippen molar-refractivity contribution >= 4 is 54.2 Å². The van der Waals surface area contributed by atoms with Crippen LogP contribution < -0.4 is 10.2 Å². The summed E-state index contributed by atoms with van der Waals surface area (Å²) in [5.41, 5.74) is 4.43. The average Bonchev–Trinajstić information content (AvgIpc) is 3.36. The number of anilines is 3. The van der Waals surface area contributed by atoms with Crippen LogP contribution in [-0.2, 0) is 10.2 Å². The number of aromatic nitrogens is 4. The number of nitrogens with zero attached hydrogens (tertiary/aromatic N) is 5. The van der Waals surface area contributed by atoms with E-state index in [0.717, 1.165) is 59.3 Å². The molecule has 2 fully saturated rings. The van der Waals surface area contributed by atoms with Crippen LogP contribution in [0, 0.1) is 6.92 Å². The summed E-state index contributed by atoms with van der Waals surface area (Å²) in [5.74, 6) is 1.62. The van der Waals surface area contributed by atoms with Crippen LogP contribution in [0.5, 0.6) is 0 Å². The van der Waals surface area contributed by atoms with Crippen LogP contribution in [0.15, 0.2) is 18.3 Å². The number of aryl methyl sites for hydroxylation is 1. The van der Waals surface area contributed by atoms with Crippen LogP contribution in [-0.4, -0.2) is 38.7 Å². The lowest BCUT2D eigenvalue weighted by Gasteiger charge is -2.44. The molecule has 1 spiro atoms. The van der Waals surface area contributed by atoms with Gasteiger partial charge in [-0.1, -0.05) is 12.8 Å². The van der Waals surface area contributed by atoms with Gasteiger partial charge >= 0.3 is 0 Å². The molecule has 6 rings (SSSR count). The molecule has 9 heteroatoms. The fraction of sp³-hybridized carbons (Fsp3) is 0.500. The number of carbonyl (C=O) groups is 1. The maximum absolute atomic E-state index is 13.5. The average molecular weight is 451 g/mol. The fourth-order valence-electron chi connectivity index (χ4n) is 5.18. The van der Waals surface area contributed by atoms with E-state index in [1.807, 2.05) is 30.2 Å². The molecular formula is C22H26N6OSSi-. The molecule has 31 heavy (non-hydrogen) atoms. The first-order valence-corrected chi connectivity index (χ1v) is 15.2. The van der Waals surface area contributed by atoms with Gasteiger partial charge in [0.1, 0.15) is 16.9 Å². The fourth-order valence-corrected chi connectivity index (χ4v) is 8.17. The zero-order valence-corrected chi connectivity index (χ0v) is 19.9. The molecule has 2 aliphatic heterocycles. The maximum Gasteiger partial charge on any atom is 0.239 e. The third-order valence-electron chi connectivity index (χ3n) is 7.41. The van der Waals surface area contributed by atoms with Crippen molar-refractivity contribution in [2.45, 2.75) is 69.2 Å². The standard InChI is InChI=1S/C22H26N6OSSi/c1-13-10-17-18(27-30-26-17)11-16(13)24-21-23-12-15-19(25-21)28(20(29)22(15)6-7-22)14-4-8-31(2,3)9-5-14/h10-12,14H,4-9H2,1-3H3,(H,23,24,25)/q-1. The van der Waals surface area contributed by atoms with Crippen LogP contribution in [0.2, 0.25) is 25.2 Å². The first-order chi connectivity index (χ1) is 14.9. The first kappa shape index (κ1) is 19.3. The number of benzene rings is 1. The van der Waals surface area contributed by atoms with E-state index in [2.05, 4.69) is 32.1 Å². The lowest BCUT2D eigenvalue weighted by molar-refractivity contribution is -0.120. The van der Waals surface area contributed by atoms with Crippen LogP contribution in [0.25, 0.3) is 11.0 Å². The van der Waals surface area contributed by atoms with Crippen molar-refractivity contribution in [3.63, 3.8) is 0 Å². The molecule has 1 aliphatic carbocycles. The molecule has 0 radical (unpaired) electrons. The maximum atomic E-state index is 13.5. The number of nitrogens with one attached hydrogen (secondary N) is 1. The molecule has 0 unspecified atom stereocenters. The van der Waals surface area contributed by atoms with Crippen molar-refractivity contribution in [1.82, 2.24) is 18.7 Å². The summed E-state index contributed by atoms with van der Waals surface area (Å²) in [6.07, 6.45) is 5.92. The zero-order chi connectivity index (χ0) is 21.4. The quantitative estimate of drug-likeness (QED) is 0.578. The van der Waals surface area contributed by atoms with Gasteiger partial charge in [0.25, 0.3) is 0 Å². The van der Waals surface area contributed by atoms with Crippen LogP contribution >= 0.6 is 11.7 Å². The van der Waals surface area contributed by atoms with Crippen molar-refractivity contribution < 1.29 is 4.79 Å². The second-order valence-electron chi connectivity index (χ2n) is 10.1. The Balaban J connectivity index is 1.35. The highest BCUT2D eigenvalue weighted by atomic mass is 32.1. The largest absolute Gasteiger partial charge is 0.324 e. The van der Waals surface area contributed by atoms with Gasteiger partial charge in [0, 0.05) is 23.5 Å². The van der Waals surface area contributed by atoms with E-state index < -0.39 is 8.07 Å². The Morgan fingerprint density at radius 2 is 1.87 bits per heavy atom. The summed E-state index contributed by atoms with van der Waals surface area (Å²) in [6.45, 7) is 6.97. The highest BCUT2D eigenvalue weighted by Crippen LogP contribution is 2.58. The van der Waals surface area contributed by atoms with E-state index in [1.165, 1.54) is 23.8 Å². The van der Waals surface area contributed by atoms with Crippen LogP contribution in [0.4, 0.5) is 17.5 Å². The van der Waals surface area contributed by atoms with Crippen molar-refractivity contribution in [2.24, 2.45) is 0 Å².